The van der Waals surface area contributed by atoms with E-state index in [1.165, 1.54) is 5.56 Å². The average Bonchev–Trinajstić information content (AvgIpc) is 2.47. The number of carbonyl (C=O) groups excluding carboxylic acids is 1. The van der Waals surface area contributed by atoms with Crippen LogP contribution in [0.2, 0.25) is 0 Å². The number of amides is 1. The molecular weight excluding hydrogens is 276 g/mol. The maximum absolute atomic E-state index is 11.2. The largest absolute Gasteiger partial charge is 0.496 e. The Morgan fingerprint density at radius 3 is 2.41 bits per heavy atom. The molecule has 0 heterocycles. The third-order valence-corrected chi connectivity index (χ3v) is 3.58. The van der Waals surface area contributed by atoms with Gasteiger partial charge in [-0.2, -0.15) is 0 Å². The Bertz CT molecular complexity index is 668. The topological polar surface area (TPSA) is 55.6 Å². The van der Waals surface area contributed by atoms with Gasteiger partial charge in [0.25, 0.3) is 0 Å². The number of nitrogens with two attached hydrogens (primary N) is 1. The SMILES string of the molecule is COc1ccc(CN(C)Cc2cccc(C(N)=O)c2)cc1C. The molecule has 4 nitrogen and oxygen atoms in total. The Labute approximate surface area is 131 Å². The molecule has 2 N–H and O–H groups in total. The van der Waals surface area contributed by atoms with Gasteiger partial charge in [0.15, 0.2) is 0 Å². The van der Waals surface area contributed by atoms with Gasteiger partial charge in [-0.15, -0.1) is 0 Å². The van der Waals surface area contributed by atoms with Gasteiger partial charge < -0.3 is 10.5 Å². The maximum atomic E-state index is 11.2. The first kappa shape index (κ1) is 16.0. The summed E-state index contributed by atoms with van der Waals surface area (Å²) in [6.45, 7) is 3.62. The predicted octanol–water partition coefficient (Wildman–Crippen LogP) is 2.73. The van der Waals surface area contributed by atoms with Gasteiger partial charge in [-0.3, -0.25) is 9.69 Å². The fraction of sp³-hybridized carbons (Fsp3) is 0.278. The lowest BCUT2D eigenvalue weighted by Gasteiger charge is -2.18. The highest BCUT2D eigenvalue weighted by molar-refractivity contribution is 5.92. The standard InChI is InChI=1S/C18H22N2O2/c1-13-9-15(7-8-17(13)22-3)12-20(2)11-14-5-4-6-16(10-14)18(19)21/h4-10H,11-12H2,1-3H3,(H2,19,21). The second-order valence-electron chi connectivity index (χ2n) is 5.54. The number of methoxy groups -OCH3 is 1. The van der Waals surface area contributed by atoms with Gasteiger partial charge in [0.2, 0.25) is 5.91 Å². The lowest BCUT2D eigenvalue weighted by Crippen LogP contribution is -2.18. The first-order chi connectivity index (χ1) is 10.5. The van der Waals surface area contributed by atoms with E-state index in [9.17, 15) is 4.79 Å². The highest BCUT2D eigenvalue weighted by Crippen LogP contribution is 2.19. The summed E-state index contributed by atoms with van der Waals surface area (Å²) in [6.07, 6.45) is 0. The zero-order chi connectivity index (χ0) is 16.1. The highest BCUT2D eigenvalue weighted by Gasteiger charge is 2.06. The van der Waals surface area contributed by atoms with E-state index in [0.29, 0.717) is 5.56 Å². The Hall–Kier alpha value is -2.33. The fourth-order valence-corrected chi connectivity index (χ4v) is 2.54. The molecule has 1 amide bonds. The van der Waals surface area contributed by atoms with E-state index in [1.807, 2.05) is 31.2 Å². The van der Waals surface area contributed by atoms with Crippen LogP contribution in [0.5, 0.6) is 5.75 Å². The van der Waals surface area contributed by atoms with Gasteiger partial charge in [-0.25, -0.2) is 0 Å². The maximum Gasteiger partial charge on any atom is 0.248 e. The molecule has 0 atom stereocenters. The van der Waals surface area contributed by atoms with Crippen molar-refractivity contribution in [2.75, 3.05) is 14.2 Å². The van der Waals surface area contributed by atoms with Crippen molar-refractivity contribution in [2.24, 2.45) is 5.73 Å². The minimum absolute atomic E-state index is 0.393. The second-order valence-corrected chi connectivity index (χ2v) is 5.54. The van der Waals surface area contributed by atoms with Crippen molar-refractivity contribution in [1.29, 1.82) is 0 Å². The van der Waals surface area contributed by atoms with Crippen molar-refractivity contribution in [3.05, 3.63) is 64.7 Å². The van der Waals surface area contributed by atoms with Crippen LogP contribution in [0.1, 0.15) is 27.0 Å². The number of hydrogen-bond acceptors (Lipinski definition) is 3. The third kappa shape index (κ3) is 4.09. The van der Waals surface area contributed by atoms with Crippen molar-refractivity contribution < 1.29 is 9.53 Å². The molecule has 0 unspecified atom stereocenters. The molecule has 22 heavy (non-hydrogen) atoms. The number of rotatable bonds is 6. The van der Waals surface area contributed by atoms with Crippen LogP contribution >= 0.6 is 0 Å². The highest BCUT2D eigenvalue weighted by atomic mass is 16.5. The summed E-state index contributed by atoms with van der Waals surface area (Å²) in [5, 5.41) is 0. The Balaban J connectivity index is 2.03. The van der Waals surface area contributed by atoms with E-state index in [4.69, 9.17) is 10.5 Å². The van der Waals surface area contributed by atoms with Crippen LogP contribution in [-0.4, -0.2) is 25.0 Å². The minimum Gasteiger partial charge on any atom is -0.496 e. The van der Waals surface area contributed by atoms with Gasteiger partial charge in [-0.1, -0.05) is 24.3 Å². The first-order valence-electron chi connectivity index (χ1n) is 7.20. The molecule has 2 aromatic carbocycles. The van der Waals surface area contributed by atoms with Crippen LogP contribution < -0.4 is 10.5 Å². The zero-order valence-electron chi connectivity index (χ0n) is 13.3. The number of benzene rings is 2. The molecule has 116 valence electrons. The number of carbonyl (C=O) groups is 1. The van der Waals surface area contributed by atoms with E-state index in [-0.39, 0.29) is 0 Å². The zero-order valence-corrected chi connectivity index (χ0v) is 13.3. The van der Waals surface area contributed by atoms with Gasteiger partial charge in [-0.05, 0) is 48.9 Å². The summed E-state index contributed by atoms with van der Waals surface area (Å²) in [7, 11) is 3.73. The Kier molecular flexibility index (Phi) is 5.17. The molecule has 0 aromatic heterocycles. The van der Waals surface area contributed by atoms with Gasteiger partial charge in [0, 0.05) is 18.7 Å². The smallest absolute Gasteiger partial charge is 0.248 e. The van der Waals surface area contributed by atoms with Crippen LogP contribution in [0.25, 0.3) is 0 Å². The van der Waals surface area contributed by atoms with E-state index in [0.717, 1.165) is 30.0 Å². The second kappa shape index (κ2) is 7.09. The van der Waals surface area contributed by atoms with Crippen molar-refractivity contribution in [1.82, 2.24) is 4.90 Å². The molecule has 2 rings (SSSR count). The molecule has 0 bridgehead atoms. The molecule has 0 saturated heterocycles. The van der Waals surface area contributed by atoms with Gasteiger partial charge in [0.1, 0.15) is 5.75 Å². The molecule has 0 aliphatic rings. The summed E-state index contributed by atoms with van der Waals surface area (Å²) in [6, 6.07) is 13.6. The molecule has 2 aromatic rings. The Morgan fingerprint density at radius 2 is 1.82 bits per heavy atom. The molecule has 0 aliphatic heterocycles. The molecule has 4 heteroatoms. The first-order valence-corrected chi connectivity index (χ1v) is 7.20. The number of nitrogens with zero attached hydrogens (tertiary/aromatic N) is 1. The number of ether oxygens (including phenoxy) is 1. The van der Waals surface area contributed by atoms with Crippen molar-refractivity contribution in [2.45, 2.75) is 20.0 Å². The summed E-state index contributed by atoms with van der Waals surface area (Å²) in [4.78, 5) is 13.4. The molecule has 0 spiro atoms. The van der Waals surface area contributed by atoms with E-state index >= 15 is 0 Å². The average molecular weight is 298 g/mol. The van der Waals surface area contributed by atoms with E-state index < -0.39 is 5.91 Å². The molecular formula is C18H22N2O2. The third-order valence-electron chi connectivity index (χ3n) is 3.58. The molecule has 0 aliphatic carbocycles. The minimum atomic E-state index is -0.393. The van der Waals surface area contributed by atoms with Crippen LogP contribution in [-0.2, 0) is 13.1 Å². The summed E-state index contributed by atoms with van der Waals surface area (Å²) in [5.74, 6) is 0.510. The van der Waals surface area contributed by atoms with Gasteiger partial charge in [0.05, 0.1) is 7.11 Å². The fourth-order valence-electron chi connectivity index (χ4n) is 2.54. The number of hydrogen-bond donors (Lipinski definition) is 1. The van der Waals surface area contributed by atoms with Crippen molar-refractivity contribution >= 4 is 5.91 Å². The van der Waals surface area contributed by atoms with Crippen LogP contribution in [0.15, 0.2) is 42.5 Å². The van der Waals surface area contributed by atoms with Gasteiger partial charge >= 0.3 is 0 Å². The summed E-state index contributed by atoms with van der Waals surface area (Å²) >= 11 is 0. The lowest BCUT2D eigenvalue weighted by atomic mass is 10.1. The predicted molar refractivity (Wildman–Crippen MR) is 87.9 cm³/mol. The number of primary amides is 1. The molecule has 0 fully saturated rings. The van der Waals surface area contributed by atoms with Crippen molar-refractivity contribution in [3.63, 3.8) is 0 Å². The van der Waals surface area contributed by atoms with Crippen molar-refractivity contribution in [3.8, 4) is 5.75 Å². The Morgan fingerprint density at radius 1 is 1.14 bits per heavy atom. The van der Waals surface area contributed by atoms with Crippen LogP contribution in [0.3, 0.4) is 0 Å². The quantitative estimate of drug-likeness (QED) is 0.892. The normalized spacial score (nSPS) is 10.7. The van der Waals surface area contributed by atoms with Crippen LogP contribution in [0.4, 0.5) is 0 Å². The van der Waals surface area contributed by atoms with Crippen LogP contribution in [0, 0.1) is 6.92 Å². The van der Waals surface area contributed by atoms with E-state index in [2.05, 4.69) is 24.1 Å². The molecule has 0 saturated carbocycles. The lowest BCUT2D eigenvalue weighted by molar-refractivity contribution is 0.1000. The molecule has 0 radical (unpaired) electrons. The summed E-state index contributed by atoms with van der Waals surface area (Å²) in [5.41, 5.74) is 9.29. The summed E-state index contributed by atoms with van der Waals surface area (Å²) < 4.78 is 5.28. The van der Waals surface area contributed by atoms with E-state index in [1.54, 1.807) is 13.2 Å². The monoisotopic (exact) mass is 298 g/mol. The number of aryl methyl sites for hydroxylation is 1.